The number of hydrogen-bond donors (Lipinski definition) is 5. The third-order valence-electron chi connectivity index (χ3n) is 0.183. The average molecular weight is 278 g/mol. The van der Waals surface area contributed by atoms with Gasteiger partial charge in [0, 0.05) is 17.1 Å². The van der Waals surface area contributed by atoms with Crippen LogP contribution in [0.5, 0.6) is 0 Å². The summed E-state index contributed by atoms with van der Waals surface area (Å²) < 4.78 is 8.88. The first-order valence-electron chi connectivity index (χ1n) is 1.89. The largest absolute Gasteiger partial charge is 0.316 e. The molecule has 8 nitrogen and oxygen atoms in total. The first kappa shape index (κ1) is 29.4. The van der Waals surface area contributed by atoms with Gasteiger partial charge in [0.15, 0.2) is 0 Å². The van der Waals surface area contributed by atoms with E-state index in [4.69, 9.17) is 39.0 Å². The van der Waals surface area contributed by atoms with Crippen LogP contribution in [0.25, 0.3) is 0 Å². The summed E-state index contributed by atoms with van der Waals surface area (Å²) in [5.74, 6) is -3.65. The van der Waals surface area contributed by atoms with Gasteiger partial charge in [-0.3, -0.25) is 0 Å². The number of aliphatic carboxylic acids is 2. The molecule has 0 aromatic heterocycles. The van der Waals surface area contributed by atoms with Gasteiger partial charge in [-0.15, -0.1) is 0 Å². The Morgan fingerprint density at radius 3 is 1.00 bits per heavy atom. The van der Waals surface area contributed by atoms with Crippen LogP contribution in [-0.2, 0) is 31.2 Å². The molecule has 0 bridgehead atoms. The number of carboxylic acids is 2. The third-order valence-corrected chi connectivity index (χ3v) is 0.183. The molecule has 12 heteroatoms. The average Bonchev–Trinajstić information content (AvgIpc) is 1.59. The topological polar surface area (TPSA) is 152 Å². The number of phosphoric acid groups is 1. The minimum Gasteiger partial charge on any atom is 0.316 e. The molecule has 0 aliphatic heterocycles. The van der Waals surface area contributed by atoms with Crippen LogP contribution in [0.2, 0.25) is 0 Å². The second kappa shape index (κ2) is 13.9. The van der Waals surface area contributed by atoms with Crippen molar-refractivity contribution in [3.8, 4) is 0 Å². The van der Waals surface area contributed by atoms with Gasteiger partial charge in [0.2, 0.25) is 0 Å². The second-order valence-corrected chi connectivity index (χ2v) is 2.15. The summed E-state index contributed by atoms with van der Waals surface area (Å²) in [4.78, 5) is 39.8. The summed E-state index contributed by atoms with van der Waals surface area (Å²) in [5, 5.41) is 14.8. The second-order valence-electron chi connectivity index (χ2n) is 1.12. The van der Waals surface area contributed by atoms with E-state index in [1.165, 1.54) is 0 Å². The Bertz CT molecular complexity index is 183. The Morgan fingerprint density at radius 2 is 1.00 bits per heavy atom. The van der Waals surface area contributed by atoms with E-state index in [0.29, 0.717) is 0 Å². The standard InChI is InChI=1S/C2H2O4.Fe.Li.Mg.H3O4P.3H/c3-1(4)2(5)6;;;;1-5(2,3)4;;;/h(H,3,4)(H,5,6);;;;(H3,1,2,3,4);;;. The van der Waals surface area contributed by atoms with E-state index >= 15 is 0 Å². The smallest absolute Gasteiger partial charge is 0.316 e. The van der Waals surface area contributed by atoms with Gasteiger partial charge in [-0.1, -0.05) is 0 Å². The van der Waals surface area contributed by atoms with Crippen LogP contribution in [0.1, 0.15) is 0 Å². The van der Waals surface area contributed by atoms with Crippen molar-refractivity contribution in [2.24, 2.45) is 0 Å². The Morgan fingerprint density at radius 1 is 0.929 bits per heavy atom. The molecule has 0 aromatic rings. The molecule has 0 spiro atoms. The molecule has 5 N–H and O–H groups in total. The molecular weight excluding hydrogens is 270 g/mol. The maximum Gasteiger partial charge on any atom is 0.316 e. The van der Waals surface area contributed by atoms with Gasteiger partial charge >= 0.3 is 61.7 Å². The summed E-state index contributed by atoms with van der Waals surface area (Å²) in [6.45, 7) is 0. The molecule has 0 unspecified atom stereocenters. The monoisotopic (exact) mass is 278 g/mol. The Balaban J connectivity index is -0.0000000321. The molecule has 0 amide bonds. The zero-order valence-electron chi connectivity index (χ0n) is 5.26. The summed E-state index contributed by atoms with van der Waals surface area (Å²) >= 11 is 0. The predicted octanol–water partition coefficient (Wildman–Crippen LogP) is -3.34. The molecule has 0 aliphatic carbocycles. The Labute approximate surface area is 117 Å². The van der Waals surface area contributed by atoms with Crippen molar-refractivity contribution in [3.05, 3.63) is 0 Å². The molecule has 0 aromatic carbocycles. The normalized spacial score (nSPS) is 7.36. The van der Waals surface area contributed by atoms with Crippen molar-refractivity contribution >= 4 is 61.7 Å². The van der Waals surface area contributed by atoms with Crippen molar-refractivity contribution in [1.29, 1.82) is 0 Å². The summed E-state index contributed by atoms with van der Waals surface area (Å²) in [6, 6.07) is 0. The van der Waals surface area contributed by atoms with Crippen LogP contribution >= 0.6 is 7.82 Å². The molecule has 80 valence electrons. The molecule has 0 fully saturated rings. The van der Waals surface area contributed by atoms with E-state index in [1.54, 1.807) is 0 Å². The molecule has 0 atom stereocenters. The van der Waals surface area contributed by atoms with E-state index in [-0.39, 0.29) is 59.0 Å². The molecule has 0 heterocycles. The third kappa shape index (κ3) is 75.7. The first-order valence-corrected chi connectivity index (χ1v) is 3.45. The van der Waals surface area contributed by atoms with E-state index in [2.05, 4.69) is 0 Å². The predicted molar refractivity (Wildman–Crippen MR) is 45.2 cm³/mol. The summed E-state index contributed by atoms with van der Waals surface area (Å²) in [5.41, 5.74) is 0. The minimum atomic E-state index is -4.64. The molecule has 0 aliphatic rings. The van der Waals surface area contributed by atoms with Gasteiger partial charge in [-0.05, 0) is 0 Å². The van der Waals surface area contributed by atoms with Crippen LogP contribution in [0.15, 0.2) is 0 Å². The number of rotatable bonds is 0. The quantitative estimate of drug-likeness (QED) is 0.175. The van der Waals surface area contributed by atoms with Crippen LogP contribution in [0.3, 0.4) is 0 Å². The number of hydrogen-bond acceptors (Lipinski definition) is 3. The van der Waals surface area contributed by atoms with Crippen molar-refractivity contribution < 1.29 is 56.1 Å². The van der Waals surface area contributed by atoms with Crippen LogP contribution < -0.4 is 0 Å². The van der Waals surface area contributed by atoms with Crippen LogP contribution in [-0.4, -0.2) is 78.7 Å². The number of carboxylic acid groups (broad SMARTS) is 2. The van der Waals surface area contributed by atoms with Gasteiger partial charge in [0.05, 0.1) is 0 Å². The van der Waals surface area contributed by atoms with Gasteiger partial charge in [0.1, 0.15) is 0 Å². The molecule has 0 saturated heterocycles. The van der Waals surface area contributed by atoms with Crippen molar-refractivity contribution in [2.45, 2.75) is 0 Å². The van der Waals surface area contributed by atoms with Crippen molar-refractivity contribution in [1.82, 2.24) is 0 Å². The van der Waals surface area contributed by atoms with E-state index in [0.717, 1.165) is 0 Å². The zero-order chi connectivity index (χ0) is 9.65. The van der Waals surface area contributed by atoms with Crippen LogP contribution in [0, 0.1) is 0 Å². The molecule has 14 heavy (non-hydrogen) atoms. The molecule has 0 rings (SSSR count). The SMILES string of the molecule is O=C(O)C(=O)O.O=P(O)(O)O.[Fe].[LiH].[MgH2]. The van der Waals surface area contributed by atoms with Crippen molar-refractivity contribution in [2.75, 3.05) is 0 Å². The minimum absolute atomic E-state index is 0. The van der Waals surface area contributed by atoms with Crippen LogP contribution in [0.4, 0.5) is 0 Å². The summed E-state index contributed by atoms with van der Waals surface area (Å²) in [6.07, 6.45) is 0. The first-order chi connectivity index (χ1) is 4.64. The maximum absolute atomic E-state index is 9.10. The van der Waals surface area contributed by atoms with E-state index in [9.17, 15) is 0 Å². The van der Waals surface area contributed by atoms with Gasteiger partial charge in [-0.25, -0.2) is 14.2 Å². The molecule has 0 saturated carbocycles. The van der Waals surface area contributed by atoms with Gasteiger partial charge < -0.3 is 24.9 Å². The fourth-order valence-electron chi connectivity index (χ4n) is 0. The van der Waals surface area contributed by atoms with Crippen molar-refractivity contribution in [3.63, 3.8) is 0 Å². The van der Waals surface area contributed by atoms with Gasteiger partial charge in [0.25, 0.3) is 0 Å². The zero-order valence-corrected chi connectivity index (χ0v) is 7.26. The Hall–Kier alpha value is 0.933. The van der Waals surface area contributed by atoms with E-state index in [1.807, 2.05) is 0 Å². The summed E-state index contributed by atoms with van der Waals surface area (Å²) in [7, 11) is -4.64. The van der Waals surface area contributed by atoms with Gasteiger partial charge in [-0.2, -0.15) is 0 Å². The fraction of sp³-hybridized carbons (Fsp3) is 0. The fourth-order valence-corrected chi connectivity index (χ4v) is 0. The maximum atomic E-state index is 9.10. The van der Waals surface area contributed by atoms with E-state index < -0.39 is 19.8 Å². The Kier molecular flexibility index (Phi) is 29.2. The number of carbonyl (C=O) groups is 2. The molecule has 0 radical (unpaired) electrons. The molecular formula is C2H8FeLiMgO8P.